The Kier molecular flexibility index (Phi) is 5.78. The number of likely N-dealkylation sites (N-methyl/N-ethyl adjacent to an activating group) is 1. The van der Waals surface area contributed by atoms with Crippen molar-refractivity contribution in [1.29, 1.82) is 0 Å². The van der Waals surface area contributed by atoms with Crippen molar-refractivity contribution < 1.29 is 4.79 Å². The predicted molar refractivity (Wildman–Crippen MR) is 89.3 cm³/mol. The van der Waals surface area contributed by atoms with E-state index >= 15 is 0 Å². The van der Waals surface area contributed by atoms with Gasteiger partial charge in [-0.1, -0.05) is 32.9 Å². The van der Waals surface area contributed by atoms with Crippen LogP contribution in [0.3, 0.4) is 0 Å². The van der Waals surface area contributed by atoms with Crippen LogP contribution in [0.25, 0.3) is 0 Å². The summed E-state index contributed by atoms with van der Waals surface area (Å²) in [5.74, 6) is 0.0155. The third-order valence-electron chi connectivity index (χ3n) is 3.72. The average Bonchev–Trinajstić information content (AvgIpc) is 2.42. The van der Waals surface area contributed by atoms with Gasteiger partial charge in [0, 0.05) is 32.9 Å². The number of nitrogens with zero attached hydrogens (tertiary/aromatic N) is 2. The molecule has 118 valence electrons. The van der Waals surface area contributed by atoms with Crippen LogP contribution < -0.4 is 10.6 Å². The highest BCUT2D eigenvalue weighted by Crippen LogP contribution is 2.20. The van der Waals surface area contributed by atoms with Crippen molar-refractivity contribution in [2.75, 3.05) is 25.5 Å². The molecular weight excluding hydrogens is 262 g/mol. The fourth-order valence-electron chi connectivity index (χ4n) is 2.03. The molecule has 21 heavy (non-hydrogen) atoms. The van der Waals surface area contributed by atoms with E-state index in [1.54, 1.807) is 0 Å². The molecule has 1 unspecified atom stereocenters. The molecule has 1 atom stereocenters. The van der Waals surface area contributed by atoms with Gasteiger partial charge in [-0.2, -0.15) is 0 Å². The Morgan fingerprint density at radius 2 is 1.71 bits per heavy atom. The molecule has 0 heterocycles. The molecule has 0 spiro atoms. The van der Waals surface area contributed by atoms with E-state index in [9.17, 15) is 4.79 Å². The van der Waals surface area contributed by atoms with Crippen molar-refractivity contribution in [3.8, 4) is 0 Å². The number of nitrogens with two attached hydrogens (primary N) is 1. The van der Waals surface area contributed by atoms with E-state index in [0.717, 1.165) is 11.3 Å². The number of carbonyl (C=O) groups is 1. The van der Waals surface area contributed by atoms with Crippen LogP contribution in [0.15, 0.2) is 24.3 Å². The molecule has 4 nitrogen and oxygen atoms in total. The Balaban J connectivity index is 2.80. The Morgan fingerprint density at radius 1 is 1.19 bits per heavy atom. The Labute approximate surface area is 128 Å². The van der Waals surface area contributed by atoms with E-state index in [-0.39, 0.29) is 11.3 Å². The molecule has 1 aromatic carbocycles. The van der Waals surface area contributed by atoms with E-state index in [2.05, 4.69) is 29.2 Å². The summed E-state index contributed by atoms with van der Waals surface area (Å²) in [5, 5.41) is 0. The molecular formula is C17H29N3O. The van der Waals surface area contributed by atoms with E-state index < -0.39 is 6.04 Å². The van der Waals surface area contributed by atoms with Gasteiger partial charge in [0.15, 0.2) is 0 Å². The average molecular weight is 291 g/mol. The van der Waals surface area contributed by atoms with Crippen molar-refractivity contribution >= 4 is 11.6 Å². The molecule has 0 aliphatic heterocycles. The first-order chi connectivity index (χ1) is 9.66. The summed E-state index contributed by atoms with van der Waals surface area (Å²) in [4.78, 5) is 16.4. The van der Waals surface area contributed by atoms with Crippen molar-refractivity contribution in [1.82, 2.24) is 4.90 Å². The maximum atomic E-state index is 12.5. The molecule has 2 N–H and O–H groups in total. The molecule has 1 rings (SSSR count). The summed E-state index contributed by atoms with van der Waals surface area (Å²) in [5.41, 5.74) is 8.14. The molecule has 0 bridgehead atoms. The lowest BCUT2D eigenvalue weighted by Gasteiger charge is -2.31. The number of carbonyl (C=O) groups excluding carboxylic acids is 1. The third-order valence-corrected chi connectivity index (χ3v) is 3.72. The minimum atomic E-state index is -0.474. The summed E-state index contributed by atoms with van der Waals surface area (Å²) in [6.45, 7) is 9.24. The highest BCUT2D eigenvalue weighted by Gasteiger charge is 2.30. The first-order valence-electron chi connectivity index (χ1n) is 7.47. The highest BCUT2D eigenvalue weighted by atomic mass is 16.2. The number of hydrogen-bond acceptors (Lipinski definition) is 3. The Bertz CT molecular complexity index is 460. The zero-order valence-electron chi connectivity index (χ0n) is 14.2. The first kappa shape index (κ1) is 17.5. The summed E-state index contributed by atoms with van der Waals surface area (Å²) in [7, 11) is 4.03. The molecule has 0 fully saturated rings. The van der Waals surface area contributed by atoms with E-state index in [4.69, 9.17) is 5.73 Å². The fourth-order valence-corrected chi connectivity index (χ4v) is 2.03. The number of amides is 1. The normalized spacial score (nSPS) is 12.9. The lowest BCUT2D eigenvalue weighted by molar-refractivity contribution is -0.135. The first-order valence-corrected chi connectivity index (χ1v) is 7.47. The molecule has 0 aliphatic carbocycles. The zero-order chi connectivity index (χ0) is 16.2. The maximum Gasteiger partial charge on any atom is 0.240 e. The zero-order valence-corrected chi connectivity index (χ0v) is 14.2. The standard InChI is InChI=1S/C17H29N3O/c1-7-20(16(21)15(18)17(2,3)4)12-13-8-10-14(11-9-13)19(5)6/h8-11,15H,7,12,18H2,1-6H3. The second kappa shape index (κ2) is 6.94. The molecule has 0 radical (unpaired) electrons. The molecule has 0 aliphatic rings. The highest BCUT2D eigenvalue weighted by molar-refractivity contribution is 5.82. The van der Waals surface area contributed by atoms with E-state index in [1.807, 2.05) is 46.7 Å². The van der Waals surface area contributed by atoms with Crippen molar-refractivity contribution in [2.24, 2.45) is 11.1 Å². The van der Waals surface area contributed by atoms with Crippen LogP contribution in [0.1, 0.15) is 33.3 Å². The number of hydrogen-bond donors (Lipinski definition) is 1. The molecule has 1 amide bonds. The summed E-state index contributed by atoms with van der Waals surface area (Å²) >= 11 is 0. The summed E-state index contributed by atoms with van der Waals surface area (Å²) in [6.07, 6.45) is 0. The van der Waals surface area contributed by atoms with Crippen LogP contribution in [-0.4, -0.2) is 37.5 Å². The third kappa shape index (κ3) is 4.74. The summed E-state index contributed by atoms with van der Waals surface area (Å²) in [6, 6.07) is 7.79. The van der Waals surface area contributed by atoms with Gasteiger partial charge in [0.2, 0.25) is 5.91 Å². The smallest absolute Gasteiger partial charge is 0.240 e. The SMILES string of the molecule is CCN(Cc1ccc(N(C)C)cc1)C(=O)C(N)C(C)(C)C. The lowest BCUT2D eigenvalue weighted by atomic mass is 9.86. The van der Waals surface area contributed by atoms with Gasteiger partial charge in [0.05, 0.1) is 6.04 Å². The lowest BCUT2D eigenvalue weighted by Crippen LogP contribution is -2.50. The van der Waals surface area contributed by atoms with Gasteiger partial charge in [-0.25, -0.2) is 0 Å². The van der Waals surface area contributed by atoms with Crippen LogP contribution in [0.5, 0.6) is 0 Å². The van der Waals surface area contributed by atoms with E-state index in [1.165, 1.54) is 0 Å². The summed E-state index contributed by atoms with van der Waals surface area (Å²) < 4.78 is 0. The second-order valence-electron chi connectivity index (χ2n) is 6.76. The molecule has 1 aromatic rings. The quantitative estimate of drug-likeness (QED) is 0.906. The molecule has 0 aromatic heterocycles. The van der Waals surface area contributed by atoms with Crippen LogP contribution in [0.4, 0.5) is 5.69 Å². The van der Waals surface area contributed by atoms with Crippen molar-refractivity contribution in [3.63, 3.8) is 0 Å². The predicted octanol–water partition coefficient (Wildman–Crippen LogP) is 2.47. The molecule has 4 heteroatoms. The Hall–Kier alpha value is -1.55. The van der Waals surface area contributed by atoms with Gasteiger partial charge in [-0.3, -0.25) is 4.79 Å². The van der Waals surface area contributed by atoms with Crippen LogP contribution in [0.2, 0.25) is 0 Å². The van der Waals surface area contributed by atoms with Crippen molar-refractivity contribution in [3.05, 3.63) is 29.8 Å². The second-order valence-corrected chi connectivity index (χ2v) is 6.76. The number of rotatable bonds is 5. The van der Waals surface area contributed by atoms with Gasteiger partial charge in [0.25, 0.3) is 0 Å². The fraction of sp³-hybridized carbons (Fsp3) is 0.588. The minimum Gasteiger partial charge on any atom is -0.378 e. The van der Waals surface area contributed by atoms with Gasteiger partial charge < -0.3 is 15.5 Å². The monoisotopic (exact) mass is 291 g/mol. The van der Waals surface area contributed by atoms with E-state index in [0.29, 0.717) is 13.1 Å². The van der Waals surface area contributed by atoms with Crippen LogP contribution >= 0.6 is 0 Å². The van der Waals surface area contributed by atoms with Gasteiger partial charge in [-0.15, -0.1) is 0 Å². The maximum absolute atomic E-state index is 12.5. The van der Waals surface area contributed by atoms with Gasteiger partial charge >= 0.3 is 0 Å². The number of benzene rings is 1. The van der Waals surface area contributed by atoms with Gasteiger partial charge in [0.1, 0.15) is 0 Å². The van der Waals surface area contributed by atoms with Crippen LogP contribution in [-0.2, 0) is 11.3 Å². The Morgan fingerprint density at radius 3 is 2.10 bits per heavy atom. The largest absolute Gasteiger partial charge is 0.378 e. The van der Waals surface area contributed by atoms with Crippen molar-refractivity contribution in [2.45, 2.75) is 40.3 Å². The number of anilines is 1. The molecule has 0 saturated heterocycles. The topological polar surface area (TPSA) is 49.6 Å². The van der Waals surface area contributed by atoms with Crippen LogP contribution in [0, 0.1) is 5.41 Å². The van der Waals surface area contributed by atoms with Gasteiger partial charge in [-0.05, 0) is 30.0 Å². The minimum absolute atomic E-state index is 0.0155. The molecule has 0 saturated carbocycles.